The summed E-state index contributed by atoms with van der Waals surface area (Å²) >= 11 is 6.04. The van der Waals surface area contributed by atoms with Crippen LogP contribution in [0.3, 0.4) is 0 Å². The molecule has 0 aliphatic rings. The van der Waals surface area contributed by atoms with Crippen LogP contribution in [0, 0.1) is 17.5 Å². The zero-order chi connectivity index (χ0) is 13.1. The number of benzene rings is 2. The molecule has 94 valence electrons. The first kappa shape index (κ1) is 13.0. The molecule has 0 spiro atoms. The van der Waals surface area contributed by atoms with Gasteiger partial charge in [-0.2, -0.15) is 0 Å². The zero-order valence-electron chi connectivity index (χ0n) is 9.34. The molecule has 0 fully saturated rings. The fraction of sp³-hybridized carbons (Fsp3) is 0.143. The van der Waals surface area contributed by atoms with Gasteiger partial charge in [0.2, 0.25) is 0 Å². The van der Waals surface area contributed by atoms with Crippen LogP contribution in [0.4, 0.5) is 13.2 Å². The number of halogens is 4. The van der Waals surface area contributed by atoms with E-state index in [2.05, 4.69) is 0 Å². The molecule has 2 aromatic carbocycles. The molecule has 0 amide bonds. The lowest BCUT2D eigenvalue weighted by Gasteiger charge is -2.11. The van der Waals surface area contributed by atoms with E-state index in [-0.39, 0.29) is 5.56 Å². The molecule has 2 aromatic rings. The lowest BCUT2D eigenvalue weighted by molar-refractivity contribution is 0.440. The number of alkyl halides is 1. The van der Waals surface area contributed by atoms with Crippen molar-refractivity contribution in [2.45, 2.75) is 11.8 Å². The van der Waals surface area contributed by atoms with E-state index in [1.165, 1.54) is 6.07 Å². The fourth-order valence-corrected chi connectivity index (χ4v) is 2.06. The topological polar surface area (TPSA) is 0 Å². The summed E-state index contributed by atoms with van der Waals surface area (Å²) in [5, 5.41) is -0.734. The van der Waals surface area contributed by atoms with Crippen molar-refractivity contribution in [3.63, 3.8) is 0 Å². The molecule has 0 saturated carbocycles. The highest BCUT2D eigenvalue weighted by Crippen LogP contribution is 2.29. The Morgan fingerprint density at radius 3 is 2.22 bits per heavy atom. The maximum absolute atomic E-state index is 13.5. The molecule has 0 heterocycles. The van der Waals surface area contributed by atoms with Gasteiger partial charge in [-0.25, -0.2) is 13.2 Å². The van der Waals surface area contributed by atoms with Crippen LogP contribution in [0.15, 0.2) is 42.5 Å². The second-order valence-corrected chi connectivity index (χ2v) is 4.45. The molecule has 0 radical (unpaired) electrons. The Kier molecular flexibility index (Phi) is 3.92. The maximum Gasteiger partial charge on any atom is 0.194 e. The van der Waals surface area contributed by atoms with E-state index < -0.39 is 22.8 Å². The van der Waals surface area contributed by atoms with Crippen LogP contribution in [0.25, 0.3) is 0 Å². The Balaban J connectivity index is 2.24. The molecule has 0 aliphatic heterocycles. The molecule has 0 N–H and O–H groups in total. The molecule has 0 bridgehead atoms. The summed E-state index contributed by atoms with van der Waals surface area (Å²) in [5.74, 6) is -3.91. The fourth-order valence-electron chi connectivity index (χ4n) is 1.71. The van der Waals surface area contributed by atoms with E-state index in [9.17, 15) is 13.2 Å². The first-order valence-electron chi connectivity index (χ1n) is 5.41. The maximum atomic E-state index is 13.5. The SMILES string of the molecule is Fc1ccc(C(Cl)Cc2ccccc2)c(F)c1F. The third-order valence-electron chi connectivity index (χ3n) is 2.66. The van der Waals surface area contributed by atoms with Crippen LogP contribution in [-0.2, 0) is 6.42 Å². The van der Waals surface area contributed by atoms with E-state index in [1.54, 1.807) is 0 Å². The van der Waals surface area contributed by atoms with Crippen LogP contribution >= 0.6 is 11.6 Å². The van der Waals surface area contributed by atoms with Gasteiger partial charge in [-0.1, -0.05) is 36.4 Å². The van der Waals surface area contributed by atoms with E-state index >= 15 is 0 Å². The standard InChI is InChI=1S/C14H10ClF3/c15-11(8-9-4-2-1-3-5-9)10-6-7-12(16)14(18)13(10)17/h1-7,11H,8H2. The van der Waals surface area contributed by atoms with Gasteiger partial charge in [0, 0.05) is 5.56 Å². The van der Waals surface area contributed by atoms with Gasteiger partial charge >= 0.3 is 0 Å². The Hall–Kier alpha value is -1.48. The Morgan fingerprint density at radius 2 is 1.56 bits per heavy atom. The quantitative estimate of drug-likeness (QED) is 0.564. The largest absolute Gasteiger partial charge is 0.204 e. The average molecular weight is 271 g/mol. The van der Waals surface area contributed by atoms with E-state index in [0.29, 0.717) is 6.42 Å². The molecule has 1 unspecified atom stereocenters. The highest BCUT2D eigenvalue weighted by atomic mass is 35.5. The Labute approximate surface area is 108 Å². The highest BCUT2D eigenvalue weighted by Gasteiger charge is 2.19. The molecule has 2 rings (SSSR count). The van der Waals surface area contributed by atoms with Gasteiger partial charge in [-0.05, 0) is 18.1 Å². The summed E-state index contributed by atoms with van der Waals surface area (Å²) < 4.78 is 39.4. The van der Waals surface area contributed by atoms with E-state index in [4.69, 9.17) is 11.6 Å². The molecular formula is C14H10ClF3. The normalized spacial score (nSPS) is 12.4. The van der Waals surface area contributed by atoms with Gasteiger partial charge in [0.05, 0.1) is 5.38 Å². The lowest BCUT2D eigenvalue weighted by atomic mass is 10.0. The summed E-state index contributed by atoms with van der Waals surface area (Å²) in [6.07, 6.45) is 0.352. The highest BCUT2D eigenvalue weighted by molar-refractivity contribution is 6.20. The van der Waals surface area contributed by atoms with E-state index in [1.807, 2.05) is 30.3 Å². The van der Waals surface area contributed by atoms with Gasteiger partial charge < -0.3 is 0 Å². The molecule has 0 aromatic heterocycles. The Bertz CT molecular complexity index is 540. The van der Waals surface area contributed by atoms with Gasteiger partial charge in [-0.15, -0.1) is 11.6 Å². The van der Waals surface area contributed by atoms with Crippen molar-refractivity contribution in [2.24, 2.45) is 0 Å². The van der Waals surface area contributed by atoms with Gasteiger partial charge in [0.25, 0.3) is 0 Å². The minimum absolute atomic E-state index is 0.0283. The summed E-state index contributed by atoms with van der Waals surface area (Å²) in [7, 11) is 0. The van der Waals surface area contributed by atoms with Crippen LogP contribution in [0.2, 0.25) is 0 Å². The van der Waals surface area contributed by atoms with Crippen molar-refractivity contribution < 1.29 is 13.2 Å². The van der Waals surface area contributed by atoms with Crippen LogP contribution in [-0.4, -0.2) is 0 Å². The van der Waals surface area contributed by atoms with Crippen LogP contribution in [0.1, 0.15) is 16.5 Å². The minimum atomic E-state index is -1.48. The monoisotopic (exact) mass is 270 g/mol. The smallest absolute Gasteiger partial charge is 0.194 e. The Morgan fingerprint density at radius 1 is 0.889 bits per heavy atom. The molecule has 0 aliphatic carbocycles. The summed E-state index contributed by atoms with van der Waals surface area (Å²) in [4.78, 5) is 0. The number of hydrogen-bond donors (Lipinski definition) is 0. The number of rotatable bonds is 3. The van der Waals surface area contributed by atoms with Crippen molar-refractivity contribution >= 4 is 11.6 Å². The predicted octanol–water partition coefficient (Wildman–Crippen LogP) is 4.63. The van der Waals surface area contributed by atoms with E-state index in [0.717, 1.165) is 11.6 Å². The summed E-state index contributed by atoms with van der Waals surface area (Å²) in [6.45, 7) is 0. The zero-order valence-corrected chi connectivity index (χ0v) is 10.1. The second-order valence-electron chi connectivity index (χ2n) is 3.92. The molecule has 18 heavy (non-hydrogen) atoms. The molecular weight excluding hydrogens is 261 g/mol. The second kappa shape index (κ2) is 5.44. The van der Waals surface area contributed by atoms with Gasteiger partial charge in [0.15, 0.2) is 17.5 Å². The van der Waals surface area contributed by atoms with Crippen molar-refractivity contribution in [3.8, 4) is 0 Å². The molecule has 4 heteroatoms. The summed E-state index contributed by atoms with van der Waals surface area (Å²) in [5.41, 5.74) is 0.876. The van der Waals surface area contributed by atoms with Crippen molar-refractivity contribution in [3.05, 3.63) is 71.0 Å². The third kappa shape index (κ3) is 2.67. The minimum Gasteiger partial charge on any atom is -0.204 e. The molecule has 0 nitrogen and oxygen atoms in total. The van der Waals surface area contributed by atoms with Crippen LogP contribution < -0.4 is 0 Å². The lowest BCUT2D eigenvalue weighted by Crippen LogP contribution is -2.02. The van der Waals surface area contributed by atoms with Crippen molar-refractivity contribution in [1.82, 2.24) is 0 Å². The molecule has 1 atom stereocenters. The van der Waals surface area contributed by atoms with Crippen LogP contribution in [0.5, 0.6) is 0 Å². The van der Waals surface area contributed by atoms with Gasteiger partial charge in [-0.3, -0.25) is 0 Å². The first-order chi connectivity index (χ1) is 8.59. The van der Waals surface area contributed by atoms with Crippen molar-refractivity contribution in [2.75, 3.05) is 0 Å². The number of hydrogen-bond acceptors (Lipinski definition) is 0. The third-order valence-corrected chi connectivity index (χ3v) is 3.05. The summed E-state index contributed by atoms with van der Waals surface area (Å²) in [6, 6.07) is 11.3. The molecule has 0 saturated heterocycles. The predicted molar refractivity (Wildman–Crippen MR) is 65.1 cm³/mol. The first-order valence-corrected chi connectivity index (χ1v) is 5.84. The average Bonchev–Trinajstić information content (AvgIpc) is 2.37. The van der Waals surface area contributed by atoms with Crippen molar-refractivity contribution in [1.29, 1.82) is 0 Å². The van der Waals surface area contributed by atoms with Gasteiger partial charge in [0.1, 0.15) is 0 Å².